The molecule has 3 aromatic rings. The third-order valence-corrected chi connectivity index (χ3v) is 10.5. The Labute approximate surface area is 409 Å². The highest BCUT2D eigenvalue weighted by molar-refractivity contribution is 5.85. The van der Waals surface area contributed by atoms with Gasteiger partial charge < -0.3 is 70.1 Å². The molecule has 4 rings (SSSR count). The standard InChI is InChI=1S/C13H15NO2.2C10H13NO2.C6H11NO2.C6H13NO2.C5H9NO4/c1-13(14,12(15)16)8-10-7-6-9-4-2-3-5-11(9)10;2*1-10(11,9(12)13)7-8-5-3-2-4-6-8;1-3-4-6(2,7)5(8)9;1-3-6(7,4-2)5(8)9;1-5(6,4(9)10)2-3(7)8/h2-5,7H,6,8,14H2,1H3,(H,15,16);2*2-6H,7,11H2,1H3,(H,12,13);3H,1,4,7H2,2H3,(H,8,9);3-4,7H2,1-2H3,(H,8,9);2,6H2,1H3,(H,7,8)(H,9,10)/t13-;2*10-;6-;;5-/m1101.1/s1. The molecule has 1 aliphatic rings. The van der Waals surface area contributed by atoms with Crippen LogP contribution in [-0.2, 0) is 52.8 Å². The van der Waals surface area contributed by atoms with E-state index in [9.17, 15) is 33.6 Å². The molecule has 388 valence electrons. The van der Waals surface area contributed by atoms with Crippen LogP contribution in [-0.4, -0.2) is 111 Å². The third-order valence-electron chi connectivity index (χ3n) is 10.5. The molecule has 19 N–H and O–H groups in total. The molecular weight excluding hydrogens is 909 g/mol. The van der Waals surface area contributed by atoms with Crippen molar-refractivity contribution in [3.8, 4) is 0 Å². The summed E-state index contributed by atoms with van der Waals surface area (Å²) in [6, 6.07) is 26.8. The number of carboxylic acid groups (broad SMARTS) is 7. The van der Waals surface area contributed by atoms with Gasteiger partial charge in [-0.2, -0.15) is 0 Å². The van der Waals surface area contributed by atoms with Crippen molar-refractivity contribution in [3.05, 3.63) is 126 Å². The lowest BCUT2D eigenvalue weighted by molar-refractivity contribution is -0.149. The van der Waals surface area contributed by atoms with Crippen molar-refractivity contribution in [2.45, 2.75) is 133 Å². The number of allylic oxidation sites excluding steroid dienone is 1. The minimum Gasteiger partial charge on any atom is -0.481 e. The molecule has 20 heteroatoms. The smallest absolute Gasteiger partial charge is 0.323 e. The van der Waals surface area contributed by atoms with E-state index in [2.05, 4.69) is 18.7 Å². The first kappa shape index (κ1) is 65.3. The highest BCUT2D eigenvalue weighted by Gasteiger charge is 2.33. The van der Waals surface area contributed by atoms with Gasteiger partial charge in [-0.05, 0) is 88.1 Å². The molecule has 70 heavy (non-hydrogen) atoms. The third kappa shape index (κ3) is 24.5. The highest BCUT2D eigenvalue weighted by Crippen LogP contribution is 2.32. The maximum Gasteiger partial charge on any atom is 0.323 e. The fraction of sp³-hybridized carbons (Fsp3) is 0.420. The van der Waals surface area contributed by atoms with Crippen molar-refractivity contribution < 1.29 is 69.3 Å². The van der Waals surface area contributed by atoms with Gasteiger partial charge >= 0.3 is 41.8 Å². The van der Waals surface area contributed by atoms with Crippen LogP contribution in [0.2, 0.25) is 0 Å². The fourth-order valence-corrected chi connectivity index (χ4v) is 5.51. The summed E-state index contributed by atoms with van der Waals surface area (Å²) in [6.45, 7) is 14.1. The summed E-state index contributed by atoms with van der Waals surface area (Å²) in [5.74, 6) is -7.34. The molecule has 0 bridgehead atoms. The number of aliphatic carboxylic acids is 7. The SMILES string of the molecule is C=CC[C@@](C)(N)C(=O)O.CCC(N)(CC)C(=O)O.C[C@@](N)(CC(=O)O)C(=O)O.C[C@@](N)(CC1=CCc2ccccc21)C(=O)O.C[C@@](N)(Cc1ccccc1)C(=O)O.C[C@](N)(Cc1ccccc1)C(=O)O. The molecule has 20 nitrogen and oxygen atoms in total. The van der Waals surface area contributed by atoms with E-state index >= 15 is 0 Å². The molecule has 0 aliphatic heterocycles. The zero-order valence-corrected chi connectivity index (χ0v) is 41.1. The predicted octanol–water partition coefficient (Wildman–Crippen LogP) is 4.10. The normalized spacial score (nSPS) is 15.4. The van der Waals surface area contributed by atoms with Gasteiger partial charge in [0.05, 0.1) is 6.42 Å². The fourth-order valence-electron chi connectivity index (χ4n) is 5.51. The topological polar surface area (TPSA) is 417 Å². The van der Waals surface area contributed by atoms with Gasteiger partial charge in [0, 0.05) is 19.3 Å². The zero-order chi connectivity index (χ0) is 54.9. The van der Waals surface area contributed by atoms with Gasteiger partial charge in [-0.25, -0.2) is 0 Å². The second kappa shape index (κ2) is 29.3. The van der Waals surface area contributed by atoms with Gasteiger partial charge in [0.2, 0.25) is 0 Å². The van der Waals surface area contributed by atoms with Crippen molar-refractivity contribution in [2.24, 2.45) is 34.4 Å². The van der Waals surface area contributed by atoms with E-state index in [0.717, 1.165) is 35.6 Å². The molecule has 1 aliphatic carbocycles. The van der Waals surface area contributed by atoms with Gasteiger partial charge in [-0.15, -0.1) is 6.58 Å². The van der Waals surface area contributed by atoms with Gasteiger partial charge in [-0.1, -0.05) is 111 Å². The Morgan fingerprint density at radius 1 is 0.500 bits per heavy atom. The molecule has 0 radical (unpaired) electrons. The summed E-state index contributed by atoms with van der Waals surface area (Å²) >= 11 is 0. The van der Waals surface area contributed by atoms with Gasteiger partial charge in [0.1, 0.15) is 33.2 Å². The molecule has 5 atom stereocenters. The molecule has 0 amide bonds. The first-order chi connectivity index (χ1) is 32.0. The molecular formula is C50H74N6O14. The van der Waals surface area contributed by atoms with Crippen LogP contribution in [0.25, 0.3) is 5.57 Å². The molecule has 0 saturated carbocycles. The molecule has 0 aromatic heterocycles. The zero-order valence-electron chi connectivity index (χ0n) is 41.1. The van der Waals surface area contributed by atoms with E-state index < -0.39 is 81.4 Å². The first-order valence-electron chi connectivity index (χ1n) is 21.8. The van der Waals surface area contributed by atoms with Crippen LogP contribution in [0, 0.1) is 0 Å². The van der Waals surface area contributed by atoms with Crippen molar-refractivity contribution >= 4 is 47.4 Å². The number of nitrogens with two attached hydrogens (primary N) is 6. The van der Waals surface area contributed by atoms with Gasteiger partial charge in [-0.3, -0.25) is 33.6 Å². The quantitative estimate of drug-likeness (QED) is 0.0798. The van der Waals surface area contributed by atoms with E-state index in [-0.39, 0.29) is 0 Å². The molecule has 0 saturated heterocycles. The van der Waals surface area contributed by atoms with E-state index in [1.165, 1.54) is 32.4 Å². The summed E-state index contributed by atoms with van der Waals surface area (Å²) in [4.78, 5) is 73.1. The summed E-state index contributed by atoms with van der Waals surface area (Å²) in [7, 11) is 0. The summed E-state index contributed by atoms with van der Waals surface area (Å²) < 4.78 is 0. The lowest BCUT2D eigenvalue weighted by Gasteiger charge is -2.20. The van der Waals surface area contributed by atoms with Crippen LogP contribution in [0.4, 0.5) is 0 Å². The van der Waals surface area contributed by atoms with Gasteiger partial charge in [0.15, 0.2) is 0 Å². The van der Waals surface area contributed by atoms with Crippen LogP contribution in [0.1, 0.15) is 103 Å². The number of hydrogen-bond donors (Lipinski definition) is 13. The molecule has 0 fully saturated rings. The van der Waals surface area contributed by atoms with E-state index in [4.69, 9.17) is 70.1 Å². The van der Waals surface area contributed by atoms with Crippen LogP contribution in [0.15, 0.2) is 104 Å². The minimum absolute atomic E-state index is 0.294. The number of rotatable bonds is 18. The van der Waals surface area contributed by atoms with Gasteiger partial charge in [0.25, 0.3) is 0 Å². The Hall–Kier alpha value is -6.81. The number of hydrogen-bond acceptors (Lipinski definition) is 13. The minimum atomic E-state index is -1.66. The number of benzene rings is 3. The summed E-state index contributed by atoms with van der Waals surface area (Å²) in [6.07, 6.45) is 6.21. The average Bonchev–Trinajstić information content (AvgIpc) is 3.66. The van der Waals surface area contributed by atoms with Crippen LogP contribution >= 0.6 is 0 Å². The van der Waals surface area contributed by atoms with Crippen LogP contribution in [0.3, 0.4) is 0 Å². The maximum absolute atomic E-state index is 11.0. The Morgan fingerprint density at radius 3 is 1.11 bits per heavy atom. The van der Waals surface area contributed by atoms with Crippen molar-refractivity contribution in [1.82, 2.24) is 0 Å². The second-order valence-electron chi connectivity index (χ2n) is 17.9. The summed E-state index contributed by atoms with van der Waals surface area (Å²) in [5, 5.41) is 59.9. The van der Waals surface area contributed by atoms with Crippen molar-refractivity contribution in [2.75, 3.05) is 0 Å². The molecule has 0 spiro atoms. The average molecular weight is 983 g/mol. The highest BCUT2D eigenvalue weighted by atomic mass is 16.4. The van der Waals surface area contributed by atoms with E-state index in [0.29, 0.717) is 38.5 Å². The van der Waals surface area contributed by atoms with E-state index in [1.807, 2.05) is 78.9 Å². The molecule has 0 heterocycles. The maximum atomic E-state index is 11.0. The lowest BCUT2D eigenvalue weighted by Crippen LogP contribution is -2.46. The van der Waals surface area contributed by atoms with Crippen LogP contribution < -0.4 is 34.4 Å². The summed E-state index contributed by atoms with van der Waals surface area (Å²) in [5.41, 5.74) is 30.7. The van der Waals surface area contributed by atoms with Crippen molar-refractivity contribution in [1.29, 1.82) is 0 Å². The Bertz CT molecular complexity index is 2160. The predicted molar refractivity (Wildman–Crippen MR) is 266 cm³/mol. The lowest BCUT2D eigenvalue weighted by atomic mass is 9.91. The monoisotopic (exact) mass is 983 g/mol. The second-order valence-corrected chi connectivity index (χ2v) is 17.9. The molecule has 3 aromatic carbocycles. The largest absolute Gasteiger partial charge is 0.481 e. The van der Waals surface area contributed by atoms with Crippen LogP contribution in [0.5, 0.6) is 0 Å². The number of carbonyl (C=O) groups is 7. The first-order valence-corrected chi connectivity index (χ1v) is 21.8. The number of fused-ring (bicyclic) bond motifs is 1. The molecule has 0 unspecified atom stereocenters. The van der Waals surface area contributed by atoms with Crippen molar-refractivity contribution in [3.63, 3.8) is 0 Å². The number of carboxylic acids is 7. The Morgan fingerprint density at radius 2 is 0.843 bits per heavy atom. The van der Waals surface area contributed by atoms with E-state index in [1.54, 1.807) is 20.8 Å². The Kier molecular flexibility index (Phi) is 27.3. The Balaban J connectivity index is 0.